The van der Waals surface area contributed by atoms with Gasteiger partial charge in [0.1, 0.15) is 0 Å². The minimum Gasteiger partial charge on any atom is -0.364 e. The summed E-state index contributed by atoms with van der Waals surface area (Å²) in [4.78, 5) is 14.2. The summed E-state index contributed by atoms with van der Waals surface area (Å²) in [6.45, 7) is 2.07. The van der Waals surface area contributed by atoms with Gasteiger partial charge in [-0.2, -0.15) is 21.3 Å². The van der Waals surface area contributed by atoms with Crippen molar-refractivity contribution in [3.05, 3.63) is 53.0 Å². The first-order valence-electron chi connectivity index (χ1n) is 11.4. The van der Waals surface area contributed by atoms with Crippen molar-refractivity contribution in [1.29, 1.82) is 0 Å². The Balaban J connectivity index is 1.39. The van der Waals surface area contributed by atoms with Gasteiger partial charge in [-0.15, -0.1) is 0 Å². The second kappa shape index (κ2) is 9.67. The number of thiophene rings is 1. The number of anilines is 2. The number of nitrogens with one attached hydrogen (secondary N) is 2. The van der Waals surface area contributed by atoms with Crippen LogP contribution in [0.4, 0.5) is 11.8 Å². The molecule has 0 bridgehead atoms. The smallest absolute Gasteiger partial charge is 0.226 e. The van der Waals surface area contributed by atoms with Crippen molar-refractivity contribution >= 4 is 34.3 Å². The van der Waals surface area contributed by atoms with Crippen molar-refractivity contribution in [2.45, 2.75) is 44.7 Å². The lowest BCUT2D eigenvalue weighted by molar-refractivity contribution is 0.529. The van der Waals surface area contributed by atoms with Crippen molar-refractivity contribution in [3.63, 3.8) is 0 Å². The average molecular weight is 448 g/mol. The van der Waals surface area contributed by atoms with Crippen molar-refractivity contribution in [2.24, 2.45) is 5.73 Å². The number of nitrogens with zero attached hydrogens (tertiary/aromatic N) is 4. The molecule has 1 aliphatic rings. The van der Waals surface area contributed by atoms with Crippen LogP contribution in [0.25, 0.3) is 22.3 Å². The standard InChI is InChI=1S/C24H29N7S/c25-11-3-12-26-24-29-22(21-23(30-24)31(16-28-21)20-4-1-2-5-20)27-14-17-6-8-18(9-7-17)19-10-13-32-15-19/h6-10,13,15-16,20H,1-5,11-12,14,25H2,(H2,26,27,29,30). The first-order chi connectivity index (χ1) is 15.8. The van der Waals surface area contributed by atoms with Crippen LogP contribution >= 0.6 is 11.3 Å². The predicted molar refractivity (Wildman–Crippen MR) is 132 cm³/mol. The summed E-state index contributed by atoms with van der Waals surface area (Å²) in [5.74, 6) is 1.39. The number of imidazole rings is 1. The monoisotopic (exact) mass is 447 g/mol. The largest absolute Gasteiger partial charge is 0.364 e. The Morgan fingerprint density at radius 3 is 2.62 bits per heavy atom. The molecule has 166 valence electrons. The zero-order valence-corrected chi connectivity index (χ0v) is 18.9. The van der Waals surface area contributed by atoms with E-state index in [1.807, 2.05) is 6.33 Å². The highest BCUT2D eigenvalue weighted by atomic mass is 32.1. The summed E-state index contributed by atoms with van der Waals surface area (Å²) in [7, 11) is 0. The molecule has 3 aromatic heterocycles. The van der Waals surface area contributed by atoms with Gasteiger partial charge in [0.05, 0.1) is 6.33 Å². The third kappa shape index (κ3) is 4.47. The van der Waals surface area contributed by atoms with Crippen LogP contribution < -0.4 is 16.4 Å². The Morgan fingerprint density at radius 2 is 1.88 bits per heavy atom. The lowest BCUT2D eigenvalue weighted by atomic mass is 10.1. The van der Waals surface area contributed by atoms with E-state index < -0.39 is 0 Å². The van der Waals surface area contributed by atoms with E-state index in [1.54, 1.807) is 11.3 Å². The third-order valence-corrected chi connectivity index (χ3v) is 6.76. The van der Waals surface area contributed by atoms with Crippen LogP contribution in [-0.4, -0.2) is 32.6 Å². The Bertz CT molecular complexity index is 1150. The van der Waals surface area contributed by atoms with Crippen LogP contribution in [-0.2, 0) is 6.54 Å². The van der Waals surface area contributed by atoms with Gasteiger partial charge in [-0.05, 0) is 59.3 Å². The molecule has 0 radical (unpaired) electrons. The molecule has 0 unspecified atom stereocenters. The van der Waals surface area contributed by atoms with Crippen LogP contribution in [0.1, 0.15) is 43.7 Å². The van der Waals surface area contributed by atoms with Crippen molar-refractivity contribution in [1.82, 2.24) is 19.5 Å². The highest BCUT2D eigenvalue weighted by molar-refractivity contribution is 7.08. The molecule has 0 amide bonds. The SMILES string of the molecule is NCCCNc1nc(NCc2ccc(-c3ccsc3)cc2)c2ncn(C3CCCC3)c2n1. The van der Waals surface area contributed by atoms with Crippen molar-refractivity contribution in [3.8, 4) is 11.1 Å². The molecule has 4 aromatic rings. The minimum atomic E-state index is 0.476. The highest BCUT2D eigenvalue weighted by Crippen LogP contribution is 2.33. The molecule has 0 saturated heterocycles. The molecule has 7 nitrogen and oxygen atoms in total. The van der Waals surface area contributed by atoms with E-state index in [4.69, 9.17) is 15.7 Å². The number of hydrogen-bond donors (Lipinski definition) is 3. The maximum atomic E-state index is 5.65. The van der Waals surface area contributed by atoms with E-state index in [0.717, 1.165) is 29.9 Å². The zero-order valence-electron chi connectivity index (χ0n) is 18.1. The first-order valence-corrected chi connectivity index (χ1v) is 12.3. The van der Waals surface area contributed by atoms with Crippen molar-refractivity contribution < 1.29 is 0 Å². The van der Waals surface area contributed by atoms with Crippen LogP contribution in [0, 0.1) is 0 Å². The van der Waals surface area contributed by atoms with E-state index in [-0.39, 0.29) is 0 Å². The average Bonchev–Trinajstić information content (AvgIpc) is 3.59. The molecular formula is C24H29N7S. The second-order valence-electron chi connectivity index (χ2n) is 8.29. The molecule has 1 fully saturated rings. The lowest BCUT2D eigenvalue weighted by Crippen LogP contribution is -2.13. The van der Waals surface area contributed by atoms with E-state index in [1.165, 1.54) is 42.4 Å². The molecule has 32 heavy (non-hydrogen) atoms. The van der Waals surface area contributed by atoms with Gasteiger partial charge in [-0.3, -0.25) is 0 Å². The Kier molecular flexibility index (Phi) is 6.31. The lowest BCUT2D eigenvalue weighted by Gasteiger charge is -2.14. The number of aromatic nitrogens is 4. The molecule has 4 N–H and O–H groups in total. The number of benzene rings is 1. The molecule has 1 saturated carbocycles. The maximum absolute atomic E-state index is 5.65. The Hall–Kier alpha value is -2.97. The summed E-state index contributed by atoms with van der Waals surface area (Å²) >= 11 is 1.72. The molecule has 5 rings (SSSR count). The normalized spacial score (nSPS) is 14.3. The summed E-state index contributed by atoms with van der Waals surface area (Å²) < 4.78 is 2.24. The number of rotatable bonds is 9. The van der Waals surface area contributed by atoms with E-state index in [0.29, 0.717) is 25.1 Å². The molecule has 0 atom stereocenters. The fourth-order valence-electron chi connectivity index (χ4n) is 4.30. The minimum absolute atomic E-state index is 0.476. The van der Waals surface area contributed by atoms with Gasteiger partial charge in [-0.1, -0.05) is 37.1 Å². The first kappa shape index (κ1) is 20.9. The van der Waals surface area contributed by atoms with E-state index in [9.17, 15) is 0 Å². The summed E-state index contributed by atoms with van der Waals surface area (Å²) in [5, 5.41) is 11.1. The molecule has 0 aliphatic heterocycles. The number of fused-ring (bicyclic) bond motifs is 1. The number of hydrogen-bond acceptors (Lipinski definition) is 7. The zero-order chi connectivity index (χ0) is 21.8. The Labute approximate surface area is 192 Å². The van der Waals surface area contributed by atoms with Gasteiger partial charge < -0.3 is 20.9 Å². The van der Waals surface area contributed by atoms with Crippen LogP contribution in [0.2, 0.25) is 0 Å². The van der Waals surface area contributed by atoms with Crippen LogP contribution in [0.5, 0.6) is 0 Å². The molecule has 1 aromatic carbocycles. The molecule has 0 spiro atoms. The highest BCUT2D eigenvalue weighted by Gasteiger charge is 2.21. The topological polar surface area (TPSA) is 93.7 Å². The van der Waals surface area contributed by atoms with E-state index in [2.05, 4.69) is 61.3 Å². The Morgan fingerprint density at radius 1 is 1.03 bits per heavy atom. The summed E-state index contributed by atoms with van der Waals surface area (Å²) in [6.07, 6.45) is 7.71. The maximum Gasteiger partial charge on any atom is 0.226 e. The summed E-state index contributed by atoms with van der Waals surface area (Å²) in [6, 6.07) is 11.3. The fraction of sp³-hybridized carbons (Fsp3) is 0.375. The molecule has 3 heterocycles. The molecule has 8 heteroatoms. The van der Waals surface area contributed by atoms with Gasteiger partial charge >= 0.3 is 0 Å². The second-order valence-corrected chi connectivity index (χ2v) is 9.07. The molecular weight excluding hydrogens is 418 g/mol. The van der Waals surface area contributed by atoms with Crippen molar-refractivity contribution in [2.75, 3.05) is 23.7 Å². The van der Waals surface area contributed by atoms with Crippen LogP contribution in [0.15, 0.2) is 47.4 Å². The molecule has 1 aliphatic carbocycles. The number of nitrogens with two attached hydrogens (primary N) is 1. The predicted octanol–water partition coefficient (Wildman–Crippen LogP) is 5.04. The van der Waals surface area contributed by atoms with Gasteiger partial charge in [0.25, 0.3) is 0 Å². The third-order valence-electron chi connectivity index (χ3n) is 6.07. The fourth-order valence-corrected chi connectivity index (χ4v) is 4.97. The quantitative estimate of drug-likeness (QED) is 0.311. The van der Waals surface area contributed by atoms with Gasteiger partial charge in [0.15, 0.2) is 17.0 Å². The van der Waals surface area contributed by atoms with E-state index >= 15 is 0 Å². The van der Waals surface area contributed by atoms with Gasteiger partial charge in [0.2, 0.25) is 5.95 Å². The van der Waals surface area contributed by atoms with Gasteiger partial charge in [0, 0.05) is 19.1 Å². The van der Waals surface area contributed by atoms with Crippen LogP contribution in [0.3, 0.4) is 0 Å². The summed E-state index contributed by atoms with van der Waals surface area (Å²) in [5.41, 5.74) is 11.1. The van der Waals surface area contributed by atoms with Gasteiger partial charge in [-0.25, -0.2) is 4.98 Å².